The minimum Gasteiger partial charge on any atom is -0.312 e. The average molecular weight is 210 g/mol. The summed E-state index contributed by atoms with van der Waals surface area (Å²) in [7, 11) is 0. The van der Waals surface area contributed by atoms with Gasteiger partial charge in [0.25, 0.3) is 0 Å². The molecule has 84 valence electrons. The Labute approximate surface area is 82.8 Å². The molecule has 0 heterocycles. The zero-order chi connectivity index (χ0) is 11.0. The van der Waals surface area contributed by atoms with E-state index in [9.17, 15) is 13.2 Å². The first kappa shape index (κ1) is 13.4. The monoisotopic (exact) mass is 210 g/mol. The summed E-state index contributed by atoms with van der Waals surface area (Å²) in [6.07, 6.45) is -2.42. The lowest BCUT2D eigenvalue weighted by molar-refractivity contribution is -0.145. The van der Waals surface area contributed by atoms with Gasteiger partial charge in [0.15, 0.2) is 0 Å². The van der Waals surface area contributed by atoms with Crippen molar-refractivity contribution >= 4 is 0 Å². The van der Waals surface area contributed by atoms with E-state index in [0.29, 0.717) is 26.2 Å². The highest BCUT2D eigenvalue weighted by Crippen LogP contribution is 2.15. The molecular weight excluding hydrogens is 193 g/mol. The summed E-state index contributed by atoms with van der Waals surface area (Å²) < 4.78 is 36.0. The zero-order valence-corrected chi connectivity index (χ0v) is 8.40. The Balaban J connectivity index is 3.63. The SMILES string of the molecule is C=CCNCCN(CC)CC(F)(F)F. The van der Waals surface area contributed by atoms with Gasteiger partial charge in [-0.1, -0.05) is 13.0 Å². The highest BCUT2D eigenvalue weighted by atomic mass is 19.4. The Morgan fingerprint density at radius 1 is 1.43 bits per heavy atom. The molecule has 0 fully saturated rings. The van der Waals surface area contributed by atoms with Crippen LogP contribution in [0.25, 0.3) is 0 Å². The van der Waals surface area contributed by atoms with Crippen LogP contribution in [0.15, 0.2) is 12.7 Å². The Kier molecular flexibility index (Phi) is 6.57. The summed E-state index contributed by atoms with van der Waals surface area (Å²) in [5.41, 5.74) is 0. The molecule has 0 aromatic heterocycles. The van der Waals surface area contributed by atoms with Crippen LogP contribution in [0.1, 0.15) is 6.92 Å². The number of rotatable bonds is 7. The predicted molar refractivity (Wildman–Crippen MR) is 51.2 cm³/mol. The maximum atomic E-state index is 12.0. The number of hydrogen-bond acceptors (Lipinski definition) is 2. The molecule has 0 unspecified atom stereocenters. The van der Waals surface area contributed by atoms with Crippen LogP contribution in [0.2, 0.25) is 0 Å². The molecule has 0 saturated carbocycles. The third-order valence-corrected chi connectivity index (χ3v) is 1.74. The molecule has 0 bridgehead atoms. The Hall–Kier alpha value is -0.550. The lowest BCUT2D eigenvalue weighted by atomic mass is 10.4. The van der Waals surface area contributed by atoms with Gasteiger partial charge < -0.3 is 5.32 Å². The van der Waals surface area contributed by atoms with Crippen LogP contribution in [0, 0.1) is 0 Å². The quantitative estimate of drug-likeness (QED) is 0.507. The van der Waals surface area contributed by atoms with Gasteiger partial charge in [0.05, 0.1) is 6.54 Å². The van der Waals surface area contributed by atoms with E-state index in [1.165, 1.54) is 4.90 Å². The molecule has 2 nitrogen and oxygen atoms in total. The topological polar surface area (TPSA) is 15.3 Å². The molecule has 0 amide bonds. The van der Waals surface area contributed by atoms with Crippen molar-refractivity contribution in [2.24, 2.45) is 0 Å². The highest BCUT2D eigenvalue weighted by molar-refractivity contribution is 4.70. The predicted octanol–water partition coefficient (Wildman–Crippen LogP) is 1.65. The minimum atomic E-state index is -4.10. The van der Waals surface area contributed by atoms with E-state index < -0.39 is 12.7 Å². The number of halogens is 3. The smallest absolute Gasteiger partial charge is 0.312 e. The number of nitrogens with one attached hydrogen (secondary N) is 1. The van der Waals surface area contributed by atoms with Gasteiger partial charge in [-0.15, -0.1) is 6.58 Å². The first-order valence-electron chi connectivity index (χ1n) is 4.60. The molecule has 0 saturated heterocycles. The fraction of sp³-hybridized carbons (Fsp3) is 0.778. The second-order valence-electron chi connectivity index (χ2n) is 2.98. The van der Waals surface area contributed by atoms with E-state index in [1.807, 2.05) is 0 Å². The van der Waals surface area contributed by atoms with Gasteiger partial charge in [-0.05, 0) is 6.54 Å². The lowest BCUT2D eigenvalue weighted by Gasteiger charge is -2.21. The average Bonchev–Trinajstić information content (AvgIpc) is 2.08. The molecular formula is C9H17F3N2. The normalized spacial score (nSPS) is 12.1. The van der Waals surface area contributed by atoms with Crippen molar-refractivity contribution in [3.8, 4) is 0 Å². The first-order chi connectivity index (χ1) is 6.49. The van der Waals surface area contributed by atoms with Crippen LogP contribution in [0.4, 0.5) is 13.2 Å². The van der Waals surface area contributed by atoms with Crippen LogP contribution in [-0.2, 0) is 0 Å². The summed E-state index contributed by atoms with van der Waals surface area (Å²) in [5.74, 6) is 0. The van der Waals surface area contributed by atoms with Crippen molar-refractivity contribution in [1.82, 2.24) is 10.2 Å². The standard InChI is InChI=1S/C9H17F3N2/c1-3-5-13-6-7-14(4-2)8-9(10,11)12/h3,13H,1,4-8H2,2H3. The van der Waals surface area contributed by atoms with E-state index in [1.54, 1.807) is 13.0 Å². The number of hydrogen-bond donors (Lipinski definition) is 1. The van der Waals surface area contributed by atoms with Crippen molar-refractivity contribution in [3.05, 3.63) is 12.7 Å². The van der Waals surface area contributed by atoms with E-state index in [2.05, 4.69) is 11.9 Å². The molecule has 0 aliphatic carbocycles. The summed E-state index contributed by atoms with van der Waals surface area (Å²) >= 11 is 0. The zero-order valence-electron chi connectivity index (χ0n) is 8.40. The summed E-state index contributed by atoms with van der Waals surface area (Å²) in [6.45, 7) is 6.39. The Morgan fingerprint density at radius 3 is 2.50 bits per heavy atom. The van der Waals surface area contributed by atoms with Crippen molar-refractivity contribution in [1.29, 1.82) is 0 Å². The van der Waals surface area contributed by atoms with Crippen molar-refractivity contribution in [2.45, 2.75) is 13.1 Å². The second-order valence-corrected chi connectivity index (χ2v) is 2.98. The largest absolute Gasteiger partial charge is 0.401 e. The molecule has 5 heteroatoms. The van der Waals surface area contributed by atoms with E-state index >= 15 is 0 Å². The first-order valence-corrected chi connectivity index (χ1v) is 4.60. The van der Waals surface area contributed by atoms with Crippen LogP contribution in [0.5, 0.6) is 0 Å². The van der Waals surface area contributed by atoms with Gasteiger partial charge in [0.1, 0.15) is 0 Å². The van der Waals surface area contributed by atoms with Gasteiger partial charge in [0.2, 0.25) is 0 Å². The molecule has 0 aliphatic heterocycles. The molecule has 0 aliphatic rings. The molecule has 0 aromatic rings. The van der Waals surface area contributed by atoms with E-state index in [4.69, 9.17) is 0 Å². The van der Waals surface area contributed by atoms with Gasteiger partial charge >= 0.3 is 6.18 Å². The third-order valence-electron chi connectivity index (χ3n) is 1.74. The molecule has 0 aromatic carbocycles. The fourth-order valence-electron chi connectivity index (χ4n) is 1.04. The number of nitrogens with zero attached hydrogens (tertiary/aromatic N) is 1. The van der Waals surface area contributed by atoms with Gasteiger partial charge in [-0.3, -0.25) is 4.90 Å². The van der Waals surface area contributed by atoms with Gasteiger partial charge in [-0.25, -0.2) is 0 Å². The van der Waals surface area contributed by atoms with Gasteiger partial charge in [0, 0.05) is 19.6 Å². The molecule has 0 atom stereocenters. The van der Waals surface area contributed by atoms with Crippen LogP contribution >= 0.6 is 0 Å². The number of alkyl halides is 3. The third kappa shape index (κ3) is 8.07. The minimum absolute atomic E-state index is 0.407. The highest BCUT2D eigenvalue weighted by Gasteiger charge is 2.29. The van der Waals surface area contributed by atoms with Crippen LogP contribution in [-0.4, -0.2) is 43.8 Å². The van der Waals surface area contributed by atoms with Gasteiger partial charge in [-0.2, -0.15) is 13.2 Å². The van der Waals surface area contributed by atoms with Crippen LogP contribution < -0.4 is 5.32 Å². The molecule has 0 spiro atoms. The van der Waals surface area contributed by atoms with Crippen molar-refractivity contribution < 1.29 is 13.2 Å². The molecule has 14 heavy (non-hydrogen) atoms. The van der Waals surface area contributed by atoms with E-state index in [0.717, 1.165) is 0 Å². The number of likely N-dealkylation sites (N-methyl/N-ethyl adjacent to an activating group) is 1. The lowest BCUT2D eigenvalue weighted by Crippen LogP contribution is -2.38. The van der Waals surface area contributed by atoms with Crippen molar-refractivity contribution in [2.75, 3.05) is 32.7 Å². The van der Waals surface area contributed by atoms with Crippen molar-refractivity contribution in [3.63, 3.8) is 0 Å². The Morgan fingerprint density at radius 2 is 2.07 bits per heavy atom. The fourth-order valence-corrected chi connectivity index (χ4v) is 1.04. The van der Waals surface area contributed by atoms with E-state index in [-0.39, 0.29) is 0 Å². The van der Waals surface area contributed by atoms with Crippen LogP contribution in [0.3, 0.4) is 0 Å². The summed E-state index contributed by atoms with van der Waals surface area (Å²) in [6, 6.07) is 0. The summed E-state index contributed by atoms with van der Waals surface area (Å²) in [4.78, 5) is 1.36. The molecule has 0 rings (SSSR count). The maximum absolute atomic E-state index is 12.0. The Bertz CT molecular complexity index is 157. The molecule has 0 radical (unpaired) electrons. The maximum Gasteiger partial charge on any atom is 0.401 e. The summed E-state index contributed by atoms with van der Waals surface area (Å²) in [5, 5.41) is 2.96. The second kappa shape index (κ2) is 6.84. The molecule has 1 N–H and O–H groups in total.